The first-order valence-corrected chi connectivity index (χ1v) is 13.3. The second kappa shape index (κ2) is 8.05. The van der Waals surface area contributed by atoms with Crippen LogP contribution in [0.2, 0.25) is 0 Å². The summed E-state index contributed by atoms with van der Waals surface area (Å²) in [6.07, 6.45) is 11.9. The first-order valence-electron chi connectivity index (χ1n) is 12.9. The normalized spacial score (nSPS) is 49.5. The number of rotatable bonds is 5. The molecule has 0 bridgehead atoms. The first-order chi connectivity index (χ1) is 14.0. The summed E-state index contributed by atoms with van der Waals surface area (Å²) in [5.74, 6) is 4.56. The van der Waals surface area contributed by atoms with Crippen molar-refractivity contribution in [2.45, 2.75) is 116 Å². The summed E-state index contributed by atoms with van der Waals surface area (Å²) in [6, 6.07) is 0. The molecule has 30 heavy (non-hydrogen) atoms. The molecule has 2 unspecified atom stereocenters. The minimum Gasteiger partial charge on any atom is -0.387 e. The fraction of sp³-hybridized carbons (Fsp3) is 0.963. The van der Waals surface area contributed by atoms with Crippen LogP contribution in [-0.2, 0) is 4.79 Å². The molecule has 4 saturated carbocycles. The van der Waals surface area contributed by atoms with E-state index >= 15 is 0 Å². The zero-order valence-corrected chi connectivity index (χ0v) is 20.8. The highest BCUT2D eigenvalue weighted by atomic mass is 35.5. The molecule has 0 aromatic rings. The first kappa shape index (κ1) is 23.1. The highest BCUT2D eigenvalue weighted by Crippen LogP contribution is 2.69. The molecule has 0 radical (unpaired) electrons. The van der Waals surface area contributed by atoms with Crippen molar-refractivity contribution in [3.8, 4) is 0 Å². The second-order valence-corrected chi connectivity index (χ2v) is 13.2. The van der Waals surface area contributed by atoms with Gasteiger partial charge in [-0.1, -0.05) is 53.9 Å². The number of carbonyl (C=O) groups is 1. The van der Waals surface area contributed by atoms with Crippen LogP contribution in [0.3, 0.4) is 0 Å². The quantitative estimate of drug-likeness (QED) is 0.470. The number of hydrogen-bond donors (Lipinski definition) is 1. The average Bonchev–Trinajstić information content (AvgIpc) is 3.01. The Labute approximate surface area is 189 Å². The molecule has 4 rings (SSSR count). The van der Waals surface area contributed by atoms with Crippen molar-refractivity contribution in [3.63, 3.8) is 0 Å². The average molecular weight is 437 g/mol. The van der Waals surface area contributed by atoms with Crippen molar-refractivity contribution in [1.29, 1.82) is 0 Å². The fourth-order valence-corrected chi connectivity index (χ4v) is 9.58. The third kappa shape index (κ3) is 3.42. The fourth-order valence-electron chi connectivity index (χ4n) is 9.05. The standard InChI is InChI=1S/C27H45ClO2/c1-17(2)7-6-8-18(3)21-9-10-22-20-15-24(28)27(30)16-19(29)11-14-26(27,5)23(20)12-13-25(21,22)4/h17-18,20-24,30H,6-16H2,1-5H3/t18-,20+,21-,22?,23?,24-,25-,26-,27+/m1/s1. The summed E-state index contributed by atoms with van der Waals surface area (Å²) in [4.78, 5) is 12.2. The van der Waals surface area contributed by atoms with Gasteiger partial charge in [-0.3, -0.25) is 4.79 Å². The maximum absolute atomic E-state index is 12.2. The van der Waals surface area contributed by atoms with Crippen LogP contribution in [0.5, 0.6) is 0 Å². The van der Waals surface area contributed by atoms with E-state index in [1.165, 1.54) is 44.9 Å². The summed E-state index contributed by atoms with van der Waals surface area (Å²) < 4.78 is 0. The Kier molecular flexibility index (Phi) is 6.20. The maximum atomic E-state index is 12.2. The van der Waals surface area contributed by atoms with Crippen LogP contribution in [0.15, 0.2) is 0 Å². The van der Waals surface area contributed by atoms with E-state index in [0.717, 1.165) is 36.5 Å². The Balaban J connectivity index is 1.54. The van der Waals surface area contributed by atoms with Crippen LogP contribution in [0.1, 0.15) is 105 Å². The van der Waals surface area contributed by atoms with Crippen molar-refractivity contribution in [2.24, 2.45) is 46.3 Å². The SMILES string of the molecule is CC(C)CCC[C@@H](C)[C@H]1CCC2[C@@H]3C[C@@H](Cl)[C@@]4(O)CC(=O)CC[C@]4(C)C3CC[C@@]21C. The summed E-state index contributed by atoms with van der Waals surface area (Å²) in [7, 11) is 0. The van der Waals surface area contributed by atoms with Gasteiger partial charge in [-0.25, -0.2) is 0 Å². The van der Waals surface area contributed by atoms with Gasteiger partial charge in [-0.15, -0.1) is 11.6 Å². The molecule has 0 amide bonds. The van der Waals surface area contributed by atoms with E-state index in [0.29, 0.717) is 23.7 Å². The molecule has 172 valence electrons. The number of fused-ring (bicyclic) bond motifs is 5. The molecule has 0 aromatic heterocycles. The number of ketones is 1. The number of Topliss-reactive ketones (excluding diaryl/α,β-unsaturated/α-hetero) is 1. The van der Waals surface area contributed by atoms with Crippen LogP contribution < -0.4 is 0 Å². The summed E-state index contributed by atoms with van der Waals surface area (Å²) in [6.45, 7) is 12.1. The number of halogens is 1. The van der Waals surface area contributed by atoms with Gasteiger partial charge in [0.2, 0.25) is 0 Å². The van der Waals surface area contributed by atoms with Gasteiger partial charge in [-0.2, -0.15) is 0 Å². The van der Waals surface area contributed by atoms with E-state index in [9.17, 15) is 9.90 Å². The number of alkyl halides is 1. The van der Waals surface area contributed by atoms with E-state index in [2.05, 4.69) is 34.6 Å². The molecule has 4 fully saturated rings. The monoisotopic (exact) mass is 436 g/mol. The number of aliphatic hydroxyl groups is 1. The van der Waals surface area contributed by atoms with Crippen molar-refractivity contribution in [1.82, 2.24) is 0 Å². The van der Waals surface area contributed by atoms with E-state index in [-0.39, 0.29) is 23.0 Å². The van der Waals surface area contributed by atoms with Crippen molar-refractivity contribution < 1.29 is 9.90 Å². The van der Waals surface area contributed by atoms with Crippen LogP contribution in [0, 0.1) is 46.3 Å². The predicted octanol–water partition coefficient (Wildman–Crippen LogP) is 7.01. The summed E-state index contributed by atoms with van der Waals surface area (Å²) in [5, 5.41) is 11.4. The molecule has 3 heteroatoms. The smallest absolute Gasteiger partial charge is 0.135 e. The lowest BCUT2D eigenvalue weighted by atomic mass is 9.43. The molecule has 0 saturated heterocycles. The molecule has 2 nitrogen and oxygen atoms in total. The molecular formula is C27H45ClO2. The maximum Gasteiger partial charge on any atom is 0.135 e. The van der Waals surface area contributed by atoms with Gasteiger partial charge in [0.25, 0.3) is 0 Å². The van der Waals surface area contributed by atoms with Gasteiger partial charge in [0, 0.05) is 18.3 Å². The van der Waals surface area contributed by atoms with E-state index in [4.69, 9.17) is 11.6 Å². The van der Waals surface area contributed by atoms with Gasteiger partial charge < -0.3 is 5.11 Å². The molecule has 4 aliphatic carbocycles. The third-order valence-electron chi connectivity index (χ3n) is 10.8. The molecule has 0 aromatic carbocycles. The lowest BCUT2D eigenvalue weighted by molar-refractivity contribution is -0.201. The Bertz CT molecular complexity index is 661. The largest absolute Gasteiger partial charge is 0.387 e. The molecule has 0 heterocycles. The van der Waals surface area contributed by atoms with E-state index in [1.807, 2.05) is 0 Å². The topological polar surface area (TPSA) is 37.3 Å². The Hall–Kier alpha value is -0.0800. The molecule has 1 N–H and O–H groups in total. The van der Waals surface area contributed by atoms with Crippen LogP contribution in [0.25, 0.3) is 0 Å². The Morgan fingerprint density at radius 2 is 1.80 bits per heavy atom. The van der Waals surface area contributed by atoms with E-state index < -0.39 is 5.60 Å². The van der Waals surface area contributed by atoms with E-state index in [1.54, 1.807) is 0 Å². The summed E-state index contributed by atoms with van der Waals surface area (Å²) >= 11 is 6.94. The molecule has 9 atom stereocenters. The zero-order chi connectivity index (χ0) is 21.9. The van der Waals surface area contributed by atoms with Gasteiger partial charge in [-0.05, 0) is 79.4 Å². The second-order valence-electron chi connectivity index (χ2n) is 12.7. The van der Waals surface area contributed by atoms with Gasteiger partial charge >= 0.3 is 0 Å². The lowest BCUT2D eigenvalue weighted by Crippen LogP contribution is -2.67. The van der Waals surface area contributed by atoms with Crippen molar-refractivity contribution in [3.05, 3.63) is 0 Å². The highest BCUT2D eigenvalue weighted by Gasteiger charge is 2.67. The van der Waals surface area contributed by atoms with Crippen LogP contribution in [0.4, 0.5) is 0 Å². The Morgan fingerprint density at radius 3 is 2.50 bits per heavy atom. The lowest BCUT2D eigenvalue weighted by Gasteiger charge is -2.64. The van der Waals surface area contributed by atoms with Crippen LogP contribution >= 0.6 is 11.6 Å². The molecule has 0 aliphatic heterocycles. The van der Waals surface area contributed by atoms with Gasteiger partial charge in [0.15, 0.2) is 0 Å². The predicted molar refractivity (Wildman–Crippen MR) is 125 cm³/mol. The molecule has 0 spiro atoms. The minimum atomic E-state index is -0.999. The van der Waals surface area contributed by atoms with Gasteiger partial charge in [0.1, 0.15) is 5.78 Å². The Morgan fingerprint density at radius 1 is 1.07 bits per heavy atom. The third-order valence-corrected chi connectivity index (χ3v) is 11.4. The highest BCUT2D eigenvalue weighted by molar-refractivity contribution is 6.21. The van der Waals surface area contributed by atoms with Gasteiger partial charge in [0.05, 0.1) is 11.0 Å². The van der Waals surface area contributed by atoms with Crippen molar-refractivity contribution >= 4 is 17.4 Å². The minimum absolute atomic E-state index is 0.196. The zero-order valence-electron chi connectivity index (χ0n) is 20.1. The summed E-state index contributed by atoms with van der Waals surface area (Å²) in [5.41, 5.74) is -0.759. The number of carbonyl (C=O) groups excluding carboxylic acids is 1. The number of hydrogen-bond acceptors (Lipinski definition) is 2. The van der Waals surface area contributed by atoms with Crippen molar-refractivity contribution in [2.75, 3.05) is 0 Å². The molecular weight excluding hydrogens is 392 g/mol. The molecule has 4 aliphatic rings. The van der Waals surface area contributed by atoms with Crippen LogP contribution in [-0.4, -0.2) is 21.9 Å².